The summed E-state index contributed by atoms with van der Waals surface area (Å²) < 4.78 is 2.04. The van der Waals surface area contributed by atoms with Gasteiger partial charge in [-0.05, 0) is 6.07 Å². The van der Waals surface area contributed by atoms with Gasteiger partial charge in [0.2, 0.25) is 0 Å². The first-order valence-corrected chi connectivity index (χ1v) is 5.19. The van der Waals surface area contributed by atoms with Gasteiger partial charge < -0.3 is 10.1 Å². The lowest BCUT2D eigenvalue weighted by molar-refractivity contribution is 0.573. The van der Waals surface area contributed by atoms with E-state index in [0.29, 0.717) is 6.54 Å². The molecule has 80 valence electrons. The summed E-state index contributed by atoms with van der Waals surface area (Å²) in [5.41, 5.74) is 8.93. The molecule has 0 aliphatic heterocycles. The average Bonchev–Trinajstić information content (AvgIpc) is 2.59. The van der Waals surface area contributed by atoms with Crippen molar-refractivity contribution in [3.8, 4) is 0 Å². The molecule has 0 bridgehead atoms. The molecule has 0 aliphatic rings. The van der Waals surface area contributed by atoms with Crippen LogP contribution in [0, 0.1) is 0 Å². The van der Waals surface area contributed by atoms with Crippen molar-refractivity contribution in [2.45, 2.75) is 32.7 Å². The van der Waals surface area contributed by atoms with Gasteiger partial charge in [-0.2, -0.15) is 0 Å². The molecule has 2 N–H and O–H groups in total. The highest BCUT2D eigenvalue weighted by Gasteiger charge is 2.18. The normalized spacial score (nSPS) is 12.3. The lowest BCUT2D eigenvalue weighted by atomic mass is 9.93. The Balaban J connectivity index is 2.65. The van der Waals surface area contributed by atoms with Crippen molar-refractivity contribution in [3.63, 3.8) is 0 Å². The van der Waals surface area contributed by atoms with Crippen LogP contribution in [0.1, 0.15) is 32.0 Å². The third-order valence-corrected chi connectivity index (χ3v) is 2.55. The highest BCUT2D eigenvalue weighted by molar-refractivity contribution is 5.49. The Morgan fingerprint density at radius 2 is 2.13 bits per heavy atom. The van der Waals surface area contributed by atoms with E-state index in [-0.39, 0.29) is 5.41 Å². The molecule has 0 aliphatic carbocycles. The van der Waals surface area contributed by atoms with E-state index in [1.54, 1.807) is 0 Å². The molecule has 2 rings (SSSR count). The van der Waals surface area contributed by atoms with Gasteiger partial charge in [0.15, 0.2) is 0 Å². The molecule has 2 aromatic heterocycles. The van der Waals surface area contributed by atoms with E-state index in [0.717, 1.165) is 16.9 Å². The molecular formula is C12H17N3. The van der Waals surface area contributed by atoms with Crippen LogP contribution in [0.25, 0.3) is 5.65 Å². The van der Waals surface area contributed by atoms with Crippen molar-refractivity contribution in [3.05, 3.63) is 35.8 Å². The number of aromatic nitrogens is 2. The van der Waals surface area contributed by atoms with Crippen LogP contribution in [-0.2, 0) is 12.0 Å². The molecule has 0 saturated heterocycles. The Morgan fingerprint density at radius 3 is 2.73 bits per heavy atom. The van der Waals surface area contributed by atoms with Gasteiger partial charge >= 0.3 is 0 Å². The minimum Gasteiger partial charge on any atom is -0.326 e. The summed E-state index contributed by atoms with van der Waals surface area (Å²) in [6.07, 6.45) is 4.09. The molecular weight excluding hydrogens is 186 g/mol. The van der Waals surface area contributed by atoms with E-state index in [4.69, 9.17) is 5.73 Å². The van der Waals surface area contributed by atoms with Crippen LogP contribution >= 0.6 is 0 Å². The van der Waals surface area contributed by atoms with Crippen molar-refractivity contribution >= 4 is 5.65 Å². The first-order valence-electron chi connectivity index (χ1n) is 5.19. The van der Waals surface area contributed by atoms with E-state index in [2.05, 4.69) is 32.0 Å². The van der Waals surface area contributed by atoms with Crippen LogP contribution in [0.5, 0.6) is 0 Å². The average molecular weight is 203 g/mol. The third kappa shape index (κ3) is 1.75. The number of imidazole rings is 1. The van der Waals surface area contributed by atoms with Gasteiger partial charge in [-0.3, -0.25) is 0 Å². The number of nitrogens with two attached hydrogens (primary N) is 1. The predicted octanol–water partition coefficient (Wildman–Crippen LogP) is 2.09. The van der Waals surface area contributed by atoms with E-state index >= 15 is 0 Å². The van der Waals surface area contributed by atoms with E-state index in [9.17, 15) is 0 Å². The Bertz CT molecular complexity index is 477. The van der Waals surface area contributed by atoms with Crippen LogP contribution in [0.3, 0.4) is 0 Å². The van der Waals surface area contributed by atoms with Crippen molar-refractivity contribution in [1.82, 2.24) is 9.38 Å². The molecule has 0 spiro atoms. The molecule has 15 heavy (non-hydrogen) atoms. The number of pyridine rings is 1. The number of hydrogen-bond acceptors (Lipinski definition) is 2. The maximum atomic E-state index is 5.68. The molecule has 0 fully saturated rings. The zero-order chi connectivity index (χ0) is 11.1. The Morgan fingerprint density at radius 1 is 1.40 bits per heavy atom. The van der Waals surface area contributed by atoms with Crippen LogP contribution < -0.4 is 5.73 Å². The van der Waals surface area contributed by atoms with Crippen LogP contribution in [0.15, 0.2) is 24.5 Å². The lowest BCUT2D eigenvalue weighted by Crippen LogP contribution is -2.11. The summed E-state index contributed by atoms with van der Waals surface area (Å²) in [6, 6.07) is 4.03. The maximum absolute atomic E-state index is 5.68. The van der Waals surface area contributed by atoms with Crippen LogP contribution in [0.4, 0.5) is 0 Å². The van der Waals surface area contributed by atoms with Crippen molar-refractivity contribution in [2.24, 2.45) is 5.73 Å². The molecule has 0 saturated carbocycles. The second-order valence-corrected chi connectivity index (χ2v) is 4.84. The molecule has 0 atom stereocenters. The van der Waals surface area contributed by atoms with Gasteiger partial charge in [-0.15, -0.1) is 0 Å². The lowest BCUT2D eigenvalue weighted by Gasteiger charge is -2.13. The SMILES string of the molecule is CC(C)(C)c1cn2cccc(CN)c2n1. The minimum absolute atomic E-state index is 0.0812. The smallest absolute Gasteiger partial charge is 0.141 e. The van der Waals surface area contributed by atoms with Crippen molar-refractivity contribution in [2.75, 3.05) is 0 Å². The fourth-order valence-corrected chi connectivity index (χ4v) is 1.59. The van der Waals surface area contributed by atoms with Gasteiger partial charge in [0.05, 0.1) is 5.69 Å². The summed E-state index contributed by atoms with van der Waals surface area (Å²) in [7, 11) is 0. The first-order chi connectivity index (χ1) is 7.02. The summed E-state index contributed by atoms with van der Waals surface area (Å²) in [5.74, 6) is 0. The Labute approximate surface area is 89.9 Å². The summed E-state index contributed by atoms with van der Waals surface area (Å²) >= 11 is 0. The summed E-state index contributed by atoms with van der Waals surface area (Å²) in [4.78, 5) is 4.64. The number of rotatable bonds is 1. The van der Waals surface area contributed by atoms with Gasteiger partial charge in [0.25, 0.3) is 0 Å². The molecule has 0 amide bonds. The highest BCUT2D eigenvalue weighted by atomic mass is 15.0. The van der Waals surface area contributed by atoms with E-state index in [1.807, 2.05) is 22.7 Å². The quantitative estimate of drug-likeness (QED) is 0.771. The zero-order valence-electron chi connectivity index (χ0n) is 9.49. The maximum Gasteiger partial charge on any atom is 0.141 e. The summed E-state index contributed by atoms with van der Waals surface area (Å²) in [6.45, 7) is 7.02. The molecule has 0 radical (unpaired) electrons. The second kappa shape index (κ2) is 3.35. The fraction of sp³-hybridized carbons (Fsp3) is 0.417. The molecule has 2 heterocycles. The highest BCUT2D eigenvalue weighted by Crippen LogP contribution is 2.22. The molecule has 3 heteroatoms. The largest absolute Gasteiger partial charge is 0.326 e. The summed E-state index contributed by atoms with van der Waals surface area (Å²) in [5, 5.41) is 0. The van der Waals surface area contributed by atoms with Crippen LogP contribution in [0.2, 0.25) is 0 Å². The second-order valence-electron chi connectivity index (χ2n) is 4.84. The first kappa shape index (κ1) is 10.2. The van der Waals surface area contributed by atoms with Crippen molar-refractivity contribution in [1.29, 1.82) is 0 Å². The standard InChI is InChI=1S/C12H17N3/c1-12(2,3)10-8-15-6-4-5-9(7-13)11(15)14-10/h4-6,8H,7,13H2,1-3H3. The minimum atomic E-state index is 0.0812. The number of hydrogen-bond donors (Lipinski definition) is 1. The number of nitrogens with zero attached hydrogens (tertiary/aromatic N) is 2. The van der Waals surface area contributed by atoms with E-state index < -0.39 is 0 Å². The van der Waals surface area contributed by atoms with Crippen LogP contribution in [-0.4, -0.2) is 9.38 Å². The Hall–Kier alpha value is -1.35. The molecule has 2 aromatic rings. The topological polar surface area (TPSA) is 43.3 Å². The van der Waals surface area contributed by atoms with Gasteiger partial charge in [0, 0.05) is 29.9 Å². The predicted molar refractivity (Wildman–Crippen MR) is 61.8 cm³/mol. The number of fused-ring (bicyclic) bond motifs is 1. The monoisotopic (exact) mass is 203 g/mol. The van der Waals surface area contributed by atoms with Crippen molar-refractivity contribution < 1.29 is 0 Å². The molecule has 3 nitrogen and oxygen atoms in total. The molecule has 0 aromatic carbocycles. The fourth-order valence-electron chi connectivity index (χ4n) is 1.59. The zero-order valence-corrected chi connectivity index (χ0v) is 9.49. The van der Waals surface area contributed by atoms with E-state index in [1.165, 1.54) is 0 Å². The van der Waals surface area contributed by atoms with Gasteiger partial charge in [0.1, 0.15) is 5.65 Å². The molecule has 0 unspecified atom stereocenters. The third-order valence-electron chi connectivity index (χ3n) is 2.55. The Kier molecular flexibility index (Phi) is 2.27. The van der Waals surface area contributed by atoms with Gasteiger partial charge in [-0.25, -0.2) is 4.98 Å². The van der Waals surface area contributed by atoms with Gasteiger partial charge in [-0.1, -0.05) is 26.8 Å².